The summed E-state index contributed by atoms with van der Waals surface area (Å²) in [5.74, 6) is -1.27. The zero-order valence-corrected chi connectivity index (χ0v) is 16.5. The third-order valence-corrected chi connectivity index (χ3v) is 6.95. The van der Waals surface area contributed by atoms with E-state index in [0.717, 1.165) is 11.1 Å². The molecule has 1 aliphatic heterocycles. The molecule has 1 fully saturated rings. The van der Waals surface area contributed by atoms with Crippen molar-refractivity contribution in [2.24, 2.45) is 0 Å². The summed E-state index contributed by atoms with van der Waals surface area (Å²) in [6.45, 7) is 0. The van der Waals surface area contributed by atoms with E-state index < -0.39 is 33.8 Å². The van der Waals surface area contributed by atoms with Crippen LogP contribution in [0.1, 0.15) is 5.56 Å². The van der Waals surface area contributed by atoms with Gasteiger partial charge in [0, 0.05) is 37.4 Å². The van der Waals surface area contributed by atoms with Crippen LogP contribution >= 0.6 is 11.6 Å². The van der Waals surface area contributed by atoms with E-state index in [1.807, 2.05) is 0 Å². The van der Waals surface area contributed by atoms with Gasteiger partial charge < -0.3 is 4.98 Å². The maximum Gasteiger partial charge on any atom is 0.341 e. The van der Waals surface area contributed by atoms with Crippen LogP contribution in [-0.4, -0.2) is 52.6 Å². The highest BCUT2D eigenvalue weighted by Gasteiger charge is 2.50. The molecule has 0 spiro atoms. The second-order valence-corrected chi connectivity index (χ2v) is 8.68. The first-order chi connectivity index (χ1) is 13.7. The number of benzene rings is 1. The number of nitrogens with one attached hydrogen (secondary N) is 1. The smallest absolute Gasteiger partial charge is 0.341 e. The molecule has 150 valence electrons. The minimum atomic E-state index is -4.31. The molecule has 1 aliphatic rings. The number of urea groups is 1. The molecule has 0 saturated carbocycles. The van der Waals surface area contributed by atoms with Crippen molar-refractivity contribution in [3.63, 3.8) is 0 Å². The summed E-state index contributed by atoms with van der Waals surface area (Å²) in [5.41, 5.74) is 0.850. The van der Waals surface area contributed by atoms with Crippen molar-refractivity contribution in [2.45, 2.75) is 17.4 Å². The van der Waals surface area contributed by atoms with Crippen molar-refractivity contribution in [3.8, 4) is 0 Å². The Morgan fingerprint density at radius 3 is 2.72 bits per heavy atom. The molecule has 1 aromatic carbocycles. The number of likely N-dealkylation sites (N-methyl/N-ethyl adjacent to an activating group) is 1. The molecule has 11 heteroatoms. The van der Waals surface area contributed by atoms with Gasteiger partial charge in [0.2, 0.25) is 0 Å². The number of H-pyrrole nitrogens is 1. The van der Waals surface area contributed by atoms with Crippen molar-refractivity contribution in [2.75, 3.05) is 7.05 Å². The number of pyridine rings is 1. The predicted octanol–water partition coefficient (Wildman–Crippen LogP) is 2.55. The second kappa shape index (κ2) is 6.82. The highest BCUT2D eigenvalue weighted by atomic mass is 35.5. The minimum Gasteiger partial charge on any atom is -0.360 e. The quantitative estimate of drug-likeness (QED) is 0.633. The summed E-state index contributed by atoms with van der Waals surface area (Å²) in [5, 5.41) is 0.421. The molecule has 0 aliphatic carbocycles. The van der Waals surface area contributed by atoms with Crippen LogP contribution in [0.4, 0.5) is 9.18 Å². The number of halogens is 2. The molecule has 3 amide bonds. The number of imide groups is 1. The van der Waals surface area contributed by atoms with E-state index in [1.165, 1.54) is 43.7 Å². The van der Waals surface area contributed by atoms with Crippen LogP contribution < -0.4 is 0 Å². The van der Waals surface area contributed by atoms with Crippen molar-refractivity contribution in [3.05, 3.63) is 59.3 Å². The fourth-order valence-corrected chi connectivity index (χ4v) is 5.05. The Labute approximate surface area is 169 Å². The highest BCUT2D eigenvalue weighted by molar-refractivity contribution is 7.89. The lowest BCUT2D eigenvalue weighted by molar-refractivity contribution is -0.127. The van der Waals surface area contributed by atoms with Gasteiger partial charge in [-0.1, -0.05) is 11.6 Å². The molecule has 8 nitrogen and oxygen atoms in total. The van der Waals surface area contributed by atoms with Gasteiger partial charge in [0.05, 0.1) is 5.52 Å². The SMILES string of the molecule is CN1C(=O)[C@@H](Cc2c[nH]c3c(Cl)c(F)ccc23)N(S(=O)(=O)c2cccnc2)C1=O. The summed E-state index contributed by atoms with van der Waals surface area (Å²) in [7, 11) is -3.09. The molecular formula is C18H14ClFN4O4S. The molecule has 29 heavy (non-hydrogen) atoms. The lowest BCUT2D eigenvalue weighted by Gasteiger charge is -2.21. The fourth-order valence-electron chi connectivity index (χ4n) is 3.33. The van der Waals surface area contributed by atoms with Gasteiger partial charge in [0.25, 0.3) is 15.9 Å². The van der Waals surface area contributed by atoms with Gasteiger partial charge >= 0.3 is 6.03 Å². The van der Waals surface area contributed by atoms with Crippen LogP contribution in [0, 0.1) is 5.82 Å². The molecule has 3 aromatic rings. The van der Waals surface area contributed by atoms with Crippen LogP contribution in [-0.2, 0) is 21.2 Å². The normalized spacial score (nSPS) is 17.6. The molecule has 4 rings (SSSR count). The van der Waals surface area contributed by atoms with Crippen LogP contribution in [0.25, 0.3) is 10.9 Å². The number of amides is 3. The Kier molecular flexibility index (Phi) is 4.55. The van der Waals surface area contributed by atoms with Crippen molar-refractivity contribution in [1.29, 1.82) is 0 Å². The Hall–Kier alpha value is -2.98. The molecule has 3 heterocycles. The summed E-state index contributed by atoms with van der Waals surface area (Å²) < 4.78 is 40.3. The van der Waals surface area contributed by atoms with Gasteiger partial charge in [-0.25, -0.2) is 21.9 Å². The molecule has 0 unspecified atom stereocenters. The third kappa shape index (κ3) is 2.95. The maximum atomic E-state index is 13.7. The number of carbonyl (C=O) groups is 2. The van der Waals surface area contributed by atoms with Gasteiger partial charge in [0.1, 0.15) is 21.8 Å². The van der Waals surface area contributed by atoms with E-state index in [2.05, 4.69) is 9.97 Å². The summed E-state index contributed by atoms with van der Waals surface area (Å²) in [6, 6.07) is 3.13. The molecule has 0 bridgehead atoms. The number of fused-ring (bicyclic) bond motifs is 1. The topological polar surface area (TPSA) is 103 Å². The van der Waals surface area contributed by atoms with Crippen LogP contribution in [0.5, 0.6) is 0 Å². The number of sulfonamides is 1. The average molecular weight is 437 g/mol. The Balaban J connectivity index is 1.78. The number of nitrogens with zero attached hydrogens (tertiary/aromatic N) is 3. The molecule has 2 aromatic heterocycles. The number of aromatic nitrogens is 2. The van der Waals surface area contributed by atoms with E-state index in [1.54, 1.807) is 0 Å². The van der Waals surface area contributed by atoms with Crippen molar-refractivity contribution in [1.82, 2.24) is 19.2 Å². The first-order valence-corrected chi connectivity index (χ1v) is 10.2. The number of aromatic amines is 1. The monoisotopic (exact) mass is 436 g/mol. The van der Waals surface area contributed by atoms with Gasteiger partial charge in [0.15, 0.2) is 0 Å². The standard InChI is InChI=1S/C18H14ClFN4O4S/c1-23-17(25)14(7-10-8-22-16-12(10)4-5-13(20)15(16)19)24(18(23)26)29(27,28)11-3-2-6-21-9-11/h2-6,8-9,14,22H,7H2,1H3/t14-/m1/s1. The van der Waals surface area contributed by atoms with Crippen molar-refractivity contribution >= 4 is 44.5 Å². The van der Waals surface area contributed by atoms with Crippen LogP contribution in [0.15, 0.2) is 47.8 Å². The number of carbonyl (C=O) groups excluding carboxylic acids is 2. The average Bonchev–Trinajstić information content (AvgIpc) is 3.21. The first-order valence-electron chi connectivity index (χ1n) is 8.43. The van der Waals surface area contributed by atoms with Gasteiger partial charge in [-0.3, -0.25) is 14.7 Å². The highest BCUT2D eigenvalue weighted by Crippen LogP contribution is 2.32. The van der Waals surface area contributed by atoms with Gasteiger partial charge in [-0.05, 0) is 29.8 Å². The summed E-state index contributed by atoms with van der Waals surface area (Å²) in [6.07, 6.45) is 3.92. The maximum absolute atomic E-state index is 13.7. The zero-order valence-electron chi connectivity index (χ0n) is 15.0. The van der Waals surface area contributed by atoms with Gasteiger partial charge in [-0.15, -0.1) is 0 Å². The summed E-state index contributed by atoms with van der Waals surface area (Å²) in [4.78, 5) is 32.4. The van der Waals surface area contributed by atoms with E-state index in [-0.39, 0.29) is 16.3 Å². The van der Waals surface area contributed by atoms with Gasteiger partial charge in [-0.2, -0.15) is 0 Å². The van der Waals surface area contributed by atoms with Crippen molar-refractivity contribution < 1.29 is 22.4 Å². The molecule has 1 saturated heterocycles. The van der Waals surface area contributed by atoms with Crippen LogP contribution in [0.2, 0.25) is 5.02 Å². The third-order valence-electron chi connectivity index (χ3n) is 4.81. The number of rotatable bonds is 4. The van der Waals surface area contributed by atoms with E-state index in [0.29, 0.717) is 20.8 Å². The largest absolute Gasteiger partial charge is 0.360 e. The minimum absolute atomic E-state index is 0.101. The predicted molar refractivity (Wildman–Crippen MR) is 102 cm³/mol. The summed E-state index contributed by atoms with van der Waals surface area (Å²) >= 11 is 5.96. The molecule has 1 N–H and O–H groups in total. The Bertz CT molecular complexity index is 1250. The second-order valence-electron chi connectivity index (χ2n) is 6.49. The number of hydrogen-bond donors (Lipinski definition) is 1. The zero-order chi connectivity index (χ0) is 20.9. The molecule has 0 radical (unpaired) electrons. The Morgan fingerprint density at radius 2 is 2.03 bits per heavy atom. The first kappa shape index (κ1) is 19.3. The molecular weight excluding hydrogens is 423 g/mol. The van der Waals surface area contributed by atoms with E-state index in [4.69, 9.17) is 11.6 Å². The lowest BCUT2D eigenvalue weighted by atomic mass is 10.0. The fraction of sp³-hybridized carbons (Fsp3) is 0.167. The van der Waals surface area contributed by atoms with E-state index in [9.17, 15) is 22.4 Å². The number of hydrogen-bond acceptors (Lipinski definition) is 5. The lowest BCUT2D eigenvalue weighted by Crippen LogP contribution is -2.41. The van der Waals surface area contributed by atoms with Crippen LogP contribution in [0.3, 0.4) is 0 Å². The molecule has 1 atom stereocenters. The Morgan fingerprint density at radius 1 is 1.28 bits per heavy atom. The van der Waals surface area contributed by atoms with E-state index >= 15 is 0 Å².